The van der Waals surface area contributed by atoms with E-state index in [9.17, 15) is 4.79 Å². The molecule has 1 heterocycles. The lowest BCUT2D eigenvalue weighted by atomic mass is 10.1. The maximum atomic E-state index is 12.3. The SMILES string of the molecule is CCCCNC(=NC)NCCCC(=O)N1Cc2ccccc2C1.I. The summed E-state index contributed by atoms with van der Waals surface area (Å²) < 4.78 is 0. The number of amides is 1. The molecule has 2 N–H and O–H groups in total. The molecule has 0 spiro atoms. The summed E-state index contributed by atoms with van der Waals surface area (Å²) in [5.41, 5.74) is 2.55. The first-order valence-corrected chi connectivity index (χ1v) is 8.53. The van der Waals surface area contributed by atoms with Crippen LogP contribution in [0.1, 0.15) is 43.7 Å². The summed E-state index contributed by atoms with van der Waals surface area (Å²) >= 11 is 0. The maximum Gasteiger partial charge on any atom is 0.223 e. The maximum absolute atomic E-state index is 12.3. The van der Waals surface area contributed by atoms with Crippen molar-refractivity contribution in [1.82, 2.24) is 15.5 Å². The van der Waals surface area contributed by atoms with Gasteiger partial charge in [0.15, 0.2) is 5.96 Å². The van der Waals surface area contributed by atoms with E-state index in [0.717, 1.165) is 51.4 Å². The molecule has 0 bridgehead atoms. The number of rotatable bonds is 7. The first-order valence-electron chi connectivity index (χ1n) is 8.53. The Labute approximate surface area is 162 Å². The number of carbonyl (C=O) groups is 1. The molecule has 0 saturated carbocycles. The lowest BCUT2D eigenvalue weighted by Gasteiger charge is -2.16. The van der Waals surface area contributed by atoms with Gasteiger partial charge in [-0.2, -0.15) is 0 Å². The number of benzene rings is 1. The third kappa shape index (κ3) is 6.30. The minimum atomic E-state index is 0. The summed E-state index contributed by atoms with van der Waals surface area (Å²) in [6.45, 7) is 5.37. The summed E-state index contributed by atoms with van der Waals surface area (Å²) in [4.78, 5) is 18.4. The largest absolute Gasteiger partial charge is 0.356 e. The normalized spacial score (nSPS) is 13.2. The van der Waals surface area contributed by atoms with Gasteiger partial charge in [-0.25, -0.2) is 0 Å². The average Bonchev–Trinajstić information content (AvgIpc) is 3.01. The zero-order valence-corrected chi connectivity index (χ0v) is 17.0. The number of guanidine groups is 1. The first kappa shape index (κ1) is 20.7. The number of hydrogen-bond donors (Lipinski definition) is 2. The molecule has 1 aliphatic rings. The van der Waals surface area contributed by atoms with Crippen molar-refractivity contribution in [2.24, 2.45) is 4.99 Å². The minimum absolute atomic E-state index is 0. The molecule has 6 heteroatoms. The van der Waals surface area contributed by atoms with Crippen LogP contribution in [-0.2, 0) is 17.9 Å². The van der Waals surface area contributed by atoms with Gasteiger partial charge in [0, 0.05) is 39.6 Å². The van der Waals surface area contributed by atoms with Gasteiger partial charge in [-0.3, -0.25) is 9.79 Å². The molecule has 134 valence electrons. The topological polar surface area (TPSA) is 56.7 Å². The zero-order valence-electron chi connectivity index (χ0n) is 14.7. The molecule has 0 atom stereocenters. The Kier molecular flexibility index (Phi) is 9.75. The molecule has 0 radical (unpaired) electrons. The molecule has 0 fully saturated rings. The van der Waals surface area contributed by atoms with Crippen LogP contribution in [-0.4, -0.2) is 36.9 Å². The molecule has 1 aromatic carbocycles. The van der Waals surface area contributed by atoms with E-state index in [1.54, 1.807) is 7.05 Å². The molecular formula is C18H29IN4O. The molecule has 1 amide bonds. The summed E-state index contributed by atoms with van der Waals surface area (Å²) in [5.74, 6) is 1.05. The fraction of sp³-hybridized carbons (Fsp3) is 0.556. The Morgan fingerprint density at radius 2 is 1.71 bits per heavy atom. The molecule has 1 aromatic rings. The van der Waals surface area contributed by atoms with Crippen LogP contribution in [0.3, 0.4) is 0 Å². The van der Waals surface area contributed by atoms with Gasteiger partial charge in [-0.15, -0.1) is 24.0 Å². The van der Waals surface area contributed by atoms with Crippen molar-refractivity contribution in [2.45, 2.75) is 45.7 Å². The third-order valence-corrected chi connectivity index (χ3v) is 4.10. The number of nitrogens with zero attached hydrogens (tertiary/aromatic N) is 2. The number of fused-ring (bicyclic) bond motifs is 1. The zero-order chi connectivity index (χ0) is 16.5. The standard InChI is InChI=1S/C18H28N4O.HI/c1-3-4-11-20-18(19-2)21-12-7-10-17(23)22-13-15-8-5-6-9-16(15)14-22;/h5-6,8-9H,3-4,7,10-14H2,1-2H3,(H2,19,20,21);1H. The van der Waals surface area contributed by atoms with Crippen molar-refractivity contribution in [3.8, 4) is 0 Å². The van der Waals surface area contributed by atoms with E-state index in [4.69, 9.17) is 0 Å². The number of hydrogen-bond acceptors (Lipinski definition) is 2. The molecule has 5 nitrogen and oxygen atoms in total. The monoisotopic (exact) mass is 444 g/mol. The lowest BCUT2D eigenvalue weighted by molar-refractivity contribution is -0.131. The van der Waals surface area contributed by atoms with Gasteiger partial charge in [0.05, 0.1) is 0 Å². The van der Waals surface area contributed by atoms with Gasteiger partial charge >= 0.3 is 0 Å². The van der Waals surface area contributed by atoms with Gasteiger partial charge in [0.2, 0.25) is 5.91 Å². The van der Waals surface area contributed by atoms with Crippen molar-refractivity contribution in [1.29, 1.82) is 0 Å². The van der Waals surface area contributed by atoms with Crippen LogP contribution >= 0.6 is 24.0 Å². The Morgan fingerprint density at radius 1 is 1.12 bits per heavy atom. The van der Waals surface area contributed by atoms with E-state index in [1.165, 1.54) is 11.1 Å². The predicted octanol–water partition coefficient (Wildman–Crippen LogP) is 2.89. The molecule has 0 aliphatic carbocycles. The highest BCUT2D eigenvalue weighted by atomic mass is 127. The number of aliphatic imine (C=N–C) groups is 1. The average molecular weight is 444 g/mol. The Hall–Kier alpha value is -1.31. The minimum Gasteiger partial charge on any atom is -0.356 e. The van der Waals surface area contributed by atoms with Gasteiger partial charge < -0.3 is 15.5 Å². The van der Waals surface area contributed by atoms with Gasteiger partial charge in [0.1, 0.15) is 0 Å². The molecule has 24 heavy (non-hydrogen) atoms. The summed E-state index contributed by atoms with van der Waals surface area (Å²) in [6, 6.07) is 8.29. The Morgan fingerprint density at radius 3 is 2.25 bits per heavy atom. The number of unbranched alkanes of at least 4 members (excludes halogenated alkanes) is 1. The summed E-state index contributed by atoms with van der Waals surface area (Å²) in [7, 11) is 1.77. The molecule has 2 rings (SSSR count). The molecule has 0 aromatic heterocycles. The fourth-order valence-corrected chi connectivity index (χ4v) is 2.72. The van der Waals surface area contributed by atoms with Crippen molar-refractivity contribution in [3.05, 3.63) is 35.4 Å². The van der Waals surface area contributed by atoms with Crippen molar-refractivity contribution in [2.75, 3.05) is 20.1 Å². The number of nitrogens with one attached hydrogen (secondary N) is 2. The molecule has 1 aliphatic heterocycles. The van der Waals surface area contributed by atoms with Crippen LogP contribution in [0, 0.1) is 0 Å². The van der Waals surface area contributed by atoms with Crippen LogP contribution in [0.5, 0.6) is 0 Å². The molecular weight excluding hydrogens is 415 g/mol. The first-order chi connectivity index (χ1) is 11.2. The van der Waals surface area contributed by atoms with E-state index >= 15 is 0 Å². The molecule has 0 unspecified atom stereocenters. The van der Waals surface area contributed by atoms with Gasteiger partial charge in [-0.1, -0.05) is 37.6 Å². The highest BCUT2D eigenvalue weighted by Crippen LogP contribution is 2.22. The molecule has 0 saturated heterocycles. The highest BCUT2D eigenvalue weighted by molar-refractivity contribution is 14.0. The van der Waals surface area contributed by atoms with Crippen molar-refractivity contribution >= 4 is 35.8 Å². The van der Waals surface area contributed by atoms with Crippen LogP contribution in [0.25, 0.3) is 0 Å². The van der Waals surface area contributed by atoms with Crippen LogP contribution in [0.15, 0.2) is 29.3 Å². The second kappa shape index (κ2) is 11.3. The van der Waals surface area contributed by atoms with Crippen molar-refractivity contribution < 1.29 is 4.79 Å². The van der Waals surface area contributed by atoms with Crippen LogP contribution in [0.4, 0.5) is 0 Å². The smallest absolute Gasteiger partial charge is 0.223 e. The second-order valence-electron chi connectivity index (χ2n) is 5.90. The van der Waals surface area contributed by atoms with Gasteiger partial charge in [-0.05, 0) is 24.0 Å². The highest BCUT2D eigenvalue weighted by Gasteiger charge is 2.22. The third-order valence-electron chi connectivity index (χ3n) is 4.10. The summed E-state index contributed by atoms with van der Waals surface area (Å²) in [5, 5.41) is 6.53. The second-order valence-corrected chi connectivity index (χ2v) is 5.90. The number of halogens is 1. The Bertz CT molecular complexity index is 523. The lowest BCUT2D eigenvalue weighted by Crippen LogP contribution is -2.38. The van der Waals surface area contributed by atoms with E-state index in [2.05, 4.69) is 34.7 Å². The van der Waals surface area contributed by atoms with Crippen LogP contribution in [0.2, 0.25) is 0 Å². The van der Waals surface area contributed by atoms with E-state index < -0.39 is 0 Å². The van der Waals surface area contributed by atoms with Crippen molar-refractivity contribution in [3.63, 3.8) is 0 Å². The van der Waals surface area contributed by atoms with Crippen LogP contribution < -0.4 is 10.6 Å². The Balaban J connectivity index is 0.00000288. The summed E-state index contributed by atoms with van der Waals surface area (Å²) in [6.07, 6.45) is 3.69. The van der Waals surface area contributed by atoms with E-state index in [1.807, 2.05) is 17.0 Å². The van der Waals surface area contributed by atoms with Gasteiger partial charge in [0.25, 0.3) is 0 Å². The fourth-order valence-electron chi connectivity index (χ4n) is 2.72. The van der Waals surface area contributed by atoms with E-state index in [-0.39, 0.29) is 29.9 Å². The quantitative estimate of drug-likeness (QED) is 0.294. The number of carbonyl (C=O) groups excluding carboxylic acids is 1. The van der Waals surface area contributed by atoms with E-state index in [0.29, 0.717) is 6.42 Å². The predicted molar refractivity (Wildman–Crippen MR) is 110 cm³/mol.